The van der Waals surface area contributed by atoms with E-state index in [4.69, 9.17) is 4.74 Å². The number of hydrogen-bond donors (Lipinski definition) is 1. The summed E-state index contributed by atoms with van der Waals surface area (Å²) in [6, 6.07) is 12.6. The number of nitrogens with one attached hydrogen (secondary N) is 1. The third-order valence-corrected chi connectivity index (χ3v) is 6.47. The summed E-state index contributed by atoms with van der Waals surface area (Å²) in [5.74, 6) is 0.255. The summed E-state index contributed by atoms with van der Waals surface area (Å²) in [4.78, 5) is 12.3. The Morgan fingerprint density at radius 2 is 1.79 bits per heavy atom. The highest BCUT2D eigenvalue weighted by molar-refractivity contribution is 7.89. The monoisotopic (exact) mass is 404 g/mol. The Kier molecular flexibility index (Phi) is 7.60. The molecule has 2 aromatic carbocycles. The van der Waals surface area contributed by atoms with Gasteiger partial charge in [-0.2, -0.15) is 4.31 Å². The number of ether oxygens (including phenoxy) is 1. The molecule has 0 saturated heterocycles. The minimum atomic E-state index is -3.52. The molecule has 28 heavy (non-hydrogen) atoms. The molecule has 0 radical (unpaired) electrons. The second kappa shape index (κ2) is 9.71. The molecule has 1 N–H and O–H groups in total. The smallest absolute Gasteiger partial charge is 0.258 e. The first-order chi connectivity index (χ1) is 13.3. The fourth-order valence-electron chi connectivity index (χ4n) is 2.87. The van der Waals surface area contributed by atoms with Gasteiger partial charge in [0.2, 0.25) is 10.0 Å². The van der Waals surface area contributed by atoms with Crippen molar-refractivity contribution < 1.29 is 17.9 Å². The summed E-state index contributed by atoms with van der Waals surface area (Å²) in [6.07, 6.45) is 0. The number of amides is 1. The molecule has 0 aliphatic rings. The van der Waals surface area contributed by atoms with Crippen molar-refractivity contribution in [3.8, 4) is 5.75 Å². The van der Waals surface area contributed by atoms with Crippen LogP contribution in [0.25, 0.3) is 0 Å². The molecule has 0 bridgehead atoms. The molecule has 0 unspecified atom stereocenters. The molecule has 0 atom stereocenters. The van der Waals surface area contributed by atoms with Gasteiger partial charge in [-0.1, -0.05) is 43.7 Å². The van der Waals surface area contributed by atoms with Gasteiger partial charge in [0.15, 0.2) is 6.61 Å². The number of carbonyl (C=O) groups excluding carboxylic acids is 1. The molecule has 0 aliphatic heterocycles. The maximum Gasteiger partial charge on any atom is 0.258 e. The summed E-state index contributed by atoms with van der Waals surface area (Å²) >= 11 is 0. The van der Waals surface area contributed by atoms with Crippen LogP contribution in [-0.4, -0.2) is 38.3 Å². The Morgan fingerprint density at radius 3 is 2.39 bits per heavy atom. The van der Waals surface area contributed by atoms with E-state index < -0.39 is 10.0 Å². The van der Waals surface area contributed by atoms with Crippen LogP contribution in [-0.2, 0) is 21.4 Å². The number of sulfonamides is 1. The summed E-state index contributed by atoms with van der Waals surface area (Å²) in [6.45, 7) is 8.51. The molecule has 0 fully saturated rings. The van der Waals surface area contributed by atoms with E-state index >= 15 is 0 Å². The Morgan fingerprint density at radius 1 is 1.07 bits per heavy atom. The number of aryl methyl sites for hydroxylation is 2. The minimum Gasteiger partial charge on any atom is -0.484 e. The first kappa shape index (κ1) is 21.9. The van der Waals surface area contributed by atoms with Crippen molar-refractivity contribution in [2.45, 2.75) is 39.1 Å². The van der Waals surface area contributed by atoms with Crippen molar-refractivity contribution in [1.29, 1.82) is 0 Å². The molecule has 0 spiro atoms. The molecule has 152 valence electrons. The Balaban J connectivity index is 1.96. The summed E-state index contributed by atoms with van der Waals surface area (Å²) in [7, 11) is -3.52. The van der Waals surface area contributed by atoms with Crippen molar-refractivity contribution in [2.75, 3.05) is 19.7 Å². The molecule has 0 saturated carbocycles. The average Bonchev–Trinajstić information content (AvgIpc) is 2.66. The zero-order valence-electron chi connectivity index (χ0n) is 16.9. The van der Waals surface area contributed by atoms with E-state index in [1.165, 1.54) is 10.4 Å². The molecule has 0 aromatic heterocycles. The van der Waals surface area contributed by atoms with E-state index in [2.05, 4.69) is 5.32 Å². The van der Waals surface area contributed by atoms with Gasteiger partial charge in [-0.05, 0) is 43.2 Å². The molecular weight excluding hydrogens is 376 g/mol. The van der Waals surface area contributed by atoms with E-state index in [0.29, 0.717) is 30.9 Å². The lowest BCUT2D eigenvalue weighted by atomic mass is 10.1. The van der Waals surface area contributed by atoms with E-state index in [0.717, 1.165) is 11.1 Å². The number of benzene rings is 2. The first-order valence-electron chi connectivity index (χ1n) is 9.33. The lowest BCUT2D eigenvalue weighted by Gasteiger charge is -2.19. The molecule has 6 nitrogen and oxygen atoms in total. The van der Waals surface area contributed by atoms with Crippen molar-refractivity contribution >= 4 is 15.9 Å². The van der Waals surface area contributed by atoms with Crippen molar-refractivity contribution in [2.24, 2.45) is 0 Å². The molecule has 0 aliphatic carbocycles. The highest BCUT2D eigenvalue weighted by atomic mass is 32.2. The third-order valence-electron chi connectivity index (χ3n) is 4.42. The Labute approximate surface area is 167 Å². The van der Waals surface area contributed by atoms with Gasteiger partial charge in [0.25, 0.3) is 5.91 Å². The van der Waals surface area contributed by atoms with E-state index in [1.54, 1.807) is 32.9 Å². The SMILES string of the molecule is CCN(CC)S(=O)(=O)c1ccc(OCC(=O)NCc2cccc(C)c2)c(C)c1. The fourth-order valence-corrected chi connectivity index (χ4v) is 4.42. The Hall–Kier alpha value is -2.38. The number of nitrogens with zero attached hydrogens (tertiary/aromatic N) is 1. The van der Waals surface area contributed by atoms with Crippen LogP contribution in [0.1, 0.15) is 30.5 Å². The normalized spacial score (nSPS) is 11.5. The van der Waals surface area contributed by atoms with Crippen molar-refractivity contribution in [3.05, 3.63) is 59.2 Å². The quantitative estimate of drug-likeness (QED) is 0.697. The largest absolute Gasteiger partial charge is 0.484 e. The summed E-state index contributed by atoms with van der Waals surface area (Å²) in [5.41, 5.74) is 2.83. The summed E-state index contributed by atoms with van der Waals surface area (Å²) in [5, 5.41) is 2.82. The van der Waals surface area contributed by atoms with Gasteiger partial charge in [-0.15, -0.1) is 0 Å². The van der Waals surface area contributed by atoms with Crippen LogP contribution in [0.5, 0.6) is 5.75 Å². The predicted molar refractivity (Wildman–Crippen MR) is 110 cm³/mol. The van der Waals surface area contributed by atoms with Crippen LogP contribution < -0.4 is 10.1 Å². The molecule has 2 rings (SSSR count). The number of carbonyl (C=O) groups is 1. The van der Waals surface area contributed by atoms with Crippen LogP contribution >= 0.6 is 0 Å². The van der Waals surface area contributed by atoms with E-state index in [1.807, 2.05) is 31.2 Å². The second-order valence-corrected chi connectivity index (χ2v) is 8.51. The van der Waals surface area contributed by atoms with Crippen molar-refractivity contribution in [1.82, 2.24) is 9.62 Å². The second-order valence-electron chi connectivity index (χ2n) is 6.57. The highest BCUT2D eigenvalue weighted by Crippen LogP contribution is 2.24. The highest BCUT2D eigenvalue weighted by Gasteiger charge is 2.22. The van der Waals surface area contributed by atoms with Gasteiger partial charge in [-0.25, -0.2) is 8.42 Å². The van der Waals surface area contributed by atoms with E-state index in [9.17, 15) is 13.2 Å². The van der Waals surface area contributed by atoms with E-state index in [-0.39, 0.29) is 17.4 Å². The maximum atomic E-state index is 12.6. The minimum absolute atomic E-state index is 0.130. The number of hydrogen-bond acceptors (Lipinski definition) is 4. The van der Waals surface area contributed by atoms with Crippen molar-refractivity contribution in [3.63, 3.8) is 0 Å². The van der Waals surface area contributed by atoms with Gasteiger partial charge >= 0.3 is 0 Å². The molecule has 7 heteroatoms. The first-order valence-corrected chi connectivity index (χ1v) is 10.8. The zero-order chi connectivity index (χ0) is 20.7. The van der Waals surface area contributed by atoms with Crippen LogP contribution in [0, 0.1) is 13.8 Å². The maximum absolute atomic E-state index is 12.6. The standard InChI is InChI=1S/C21H28N2O4S/c1-5-23(6-2)28(25,26)19-10-11-20(17(4)13-19)27-15-21(24)22-14-18-9-7-8-16(3)12-18/h7-13H,5-6,14-15H2,1-4H3,(H,22,24). The molecular formula is C21H28N2O4S. The van der Waals surface area contributed by atoms with Gasteiger partial charge < -0.3 is 10.1 Å². The molecule has 0 heterocycles. The molecule has 2 aromatic rings. The fraction of sp³-hybridized carbons (Fsp3) is 0.381. The van der Waals surface area contributed by atoms with Crippen LogP contribution in [0.4, 0.5) is 0 Å². The number of rotatable bonds is 9. The van der Waals surface area contributed by atoms with Crippen LogP contribution in [0.15, 0.2) is 47.4 Å². The lowest BCUT2D eigenvalue weighted by Crippen LogP contribution is -2.30. The molecule has 1 amide bonds. The van der Waals surface area contributed by atoms with Crippen LogP contribution in [0.2, 0.25) is 0 Å². The topological polar surface area (TPSA) is 75.7 Å². The van der Waals surface area contributed by atoms with Crippen LogP contribution in [0.3, 0.4) is 0 Å². The van der Waals surface area contributed by atoms with Gasteiger partial charge in [-0.3, -0.25) is 4.79 Å². The third kappa shape index (κ3) is 5.56. The predicted octanol–water partition coefficient (Wildman–Crippen LogP) is 3.03. The van der Waals surface area contributed by atoms with Gasteiger partial charge in [0.1, 0.15) is 5.75 Å². The van der Waals surface area contributed by atoms with Gasteiger partial charge in [0.05, 0.1) is 4.90 Å². The lowest BCUT2D eigenvalue weighted by molar-refractivity contribution is -0.123. The summed E-state index contributed by atoms with van der Waals surface area (Å²) < 4.78 is 32.2. The average molecular weight is 405 g/mol. The Bertz CT molecular complexity index is 922. The zero-order valence-corrected chi connectivity index (χ0v) is 17.7. The van der Waals surface area contributed by atoms with Gasteiger partial charge in [0, 0.05) is 19.6 Å².